The van der Waals surface area contributed by atoms with Gasteiger partial charge in [-0.1, -0.05) is 13.8 Å². The summed E-state index contributed by atoms with van der Waals surface area (Å²) in [6.45, 7) is 7.30. The zero-order valence-corrected chi connectivity index (χ0v) is 9.77. The molecule has 0 aliphatic heterocycles. The van der Waals surface area contributed by atoms with Crippen molar-refractivity contribution in [2.75, 3.05) is 6.54 Å². The van der Waals surface area contributed by atoms with Gasteiger partial charge in [0.2, 0.25) is 0 Å². The summed E-state index contributed by atoms with van der Waals surface area (Å²) in [5, 5.41) is 13.2. The first kappa shape index (κ1) is 11.6. The van der Waals surface area contributed by atoms with Crippen LogP contribution in [0.5, 0.6) is 0 Å². The number of hydrogen-bond donors (Lipinski definition) is 2. The standard InChI is InChI=1S/C10H18N2OS/c1-8(2)10(3,13)6-11-4-9-5-12-7-14-9/h5,7-8,11,13H,4,6H2,1-3H3. The minimum absolute atomic E-state index is 0.261. The van der Waals surface area contributed by atoms with E-state index in [1.807, 2.05) is 32.5 Å². The largest absolute Gasteiger partial charge is 0.389 e. The van der Waals surface area contributed by atoms with Crippen LogP contribution in [-0.2, 0) is 6.54 Å². The maximum absolute atomic E-state index is 9.95. The second-order valence-electron chi connectivity index (χ2n) is 4.08. The highest BCUT2D eigenvalue weighted by atomic mass is 32.1. The van der Waals surface area contributed by atoms with E-state index in [1.165, 1.54) is 4.88 Å². The molecule has 0 aliphatic rings. The molecule has 2 N–H and O–H groups in total. The molecule has 0 saturated carbocycles. The highest BCUT2D eigenvalue weighted by molar-refractivity contribution is 7.09. The first-order chi connectivity index (χ1) is 6.52. The van der Waals surface area contributed by atoms with Crippen LogP contribution < -0.4 is 5.32 Å². The normalized spacial score (nSPS) is 15.8. The van der Waals surface area contributed by atoms with E-state index < -0.39 is 5.60 Å². The molecule has 1 unspecified atom stereocenters. The van der Waals surface area contributed by atoms with Crippen LogP contribution in [0.4, 0.5) is 0 Å². The van der Waals surface area contributed by atoms with Crippen molar-refractivity contribution in [3.63, 3.8) is 0 Å². The van der Waals surface area contributed by atoms with Crippen LogP contribution in [0.15, 0.2) is 11.7 Å². The average molecular weight is 214 g/mol. The van der Waals surface area contributed by atoms with Gasteiger partial charge in [-0.25, -0.2) is 0 Å². The van der Waals surface area contributed by atoms with Gasteiger partial charge in [-0.2, -0.15) is 0 Å². The molecule has 0 spiro atoms. The maximum Gasteiger partial charge on any atom is 0.0794 e. The van der Waals surface area contributed by atoms with E-state index in [0.29, 0.717) is 6.54 Å². The fourth-order valence-electron chi connectivity index (χ4n) is 0.972. The molecule has 0 aliphatic carbocycles. The van der Waals surface area contributed by atoms with Crippen molar-refractivity contribution in [2.24, 2.45) is 5.92 Å². The van der Waals surface area contributed by atoms with Crippen molar-refractivity contribution in [3.8, 4) is 0 Å². The van der Waals surface area contributed by atoms with Crippen LogP contribution in [0, 0.1) is 5.92 Å². The van der Waals surface area contributed by atoms with Gasteiger partial charge in [0.05, 0.1) is 11.1 Å². The van der Waals surface area contributed by atoms with E-state index in [2.05, 4.69) is 10.3 Å². The van der Waals surface area contributed by atoms with Crippen LogP contribution in [0.25, 0.3) is 0 Å². The molecular weight excluding hydrogens is 196 g/mol. The molecule has 0 amide bonds. The molecule has 3 nitrogen and oxygen atoms in total. The number of nitrogens with one attached hydrogen (secondary N) is 1. The predicted molar refractivity (Wildman–Crippen MR) is 59.3 cm³/mol. The monoisotopic (exact) mass is 214 g/mol. The Hall–Kier alpha value is -0.450. The quantitative estimate of drug-likeness (QED) is 0.783. The SMILES string of the molecule is CC(C)C(C)(O)CNCc1cncs1. The molecule has 1 rings (SSSR count). The number of rotatable bonds is 5. The van der Waals surface area contributed by atoms with E-state index in [0.717, 1.165) is 6.54 Å². The Morgan fingerprint density at radius 3 is 2.86 bits per heavy atom. The van der Waals surface area contributed by atoms with Gasteiger partial charge in [0.25, 0.3) is 0 Å². The molecule has 1 heterocycles. The first-order valence-electron chi connectivity index (χ1n) is 4.83. The van der Waals surface area contributed by atoms with E-state index in [1.54, 1.807) is 11.3 Å². The third-order valence-electron chi connectivity index (χ3n) is 2.51. The molecule has 1 aromatic rings. The number of thiazole rings is 1. The maximum atomic E-state index is 9.95. The zero-order chi connectivity index (χ0) is 10.6. The molecule has 0 bridgehead atoms. The van der Waals surface area contributed by atoms with Crippen LogP contribution in [-0.4, -0.2) is 22.2 Å². The molecule has 0 radical (unpaired) electrons. The van der Waals surface area contributed by atoms with Gasteiger partial charge < -0.3 is 10.4 Å². The summed E-state index contributed by atoms with van der Waals surface area (Å²) >= 11 is 1.63. The lowest BCUT2D eigenvalue weighted by Gasteiger charge is -2.27. The van der Waals surface area contributed by atoms with E-state index in [4.69, 9.17) is 0 Å². The van der Waals surface area contributed by atoms with Gasteiger partial charge in [-0.05, 0) is 12.8 Å². The summed E-state index contributed by atoms with van der Waals surface area (Å²) in [5.74, 6) is 0.261. The predicted octanol–water partition coefficient (Wildman–Crippen LogP) is 1.64. The number of hydrogen-bond acceptors (Lipinski definition) is 4. The molecule has 4 heteroatoms. The Bertz CT molecular complexity index is 257. The van der Waals surface area contributed by atoms with Crippen LogP contribution in [0.1, 0.15) is 25.6 Å². The highest BCUT2D eigenvalue weighted by Crippen LogP contribution is 2.15. The Balaban J connectivity index is 2.28. The van der Waals surface area contributed by atoms with Crippen LogP contribution >= 0.6 is 11.3 Å². The number of aromatic nitrogens is 1. The van der Waals surface area contributed by atoms with Crippen molar-refractivity contribution in [1.82, 2.24) is 10.3 Å². The van der Waals surface area contributed by atoms with Gasteiger partial charge in [0.15, 0.2) is 0 Å². The third-order valence-corrected chi connectivity index (χ3v) is 3.29. The van der Waals surface area contributed by atoms with E-state index in [9.17, 15) is 5.11 Å². The molecule has 80 valence electrons. The lowest BCUT2D eigenvalue weighted by molar-refractivity contribution is 0.0140. The Kier molecular flexibility index (Phi) is 4.04. The molecule has 1 aromatic heterocycles. The zero-order valence-electron chi connectivity index (χ0n) is 8.95. The summed E-state index contributed by atoms with van der Waals surface area (Å²) in [6, 6.07) is 0. The molecule has 1 atom stereocenters. The Morgan fingerprint density at radius 2 is 2.36 bits per heavy atom. The van der Waals surface area contributed by atoms with Gasteiger partial charge in [-0.15, -0.1) is 11.3 Å². The van der Waals surface area contributed by atoms with Crippen molar-refractivity contribution in [1.29, 1.82) is 0 Å². The number of nitrogens with zero attached hydrogens (tertiary/aromatic N) is 1. The second kappa shape index (κ2) is 4.87. The van der Waals surface area contributed by atoms with Crippen LogP contribution in [0.3, 0.4) is 0 Å². The van der Waals surface area contributed by atoms with Crippen LogP contribution in [0.2, 0.25) is 0 Å². The Labute approximate surface area is 89.2 Å². The minimum atomic E-state index is -0.634. The van der Waals surface area contributed by atoms with Crippen molar-refractivity contribution in [3.05, 3.63) is 16.6 Å². The Morgan fingerprint density at radius 1 is 1.64 bits per heavy atom. The fourth-order valence-corrected chi connectivity index (χ4v) is 1.54. The lowest BCUT2D eigenvalue weighted by Crippen LogP contribution is -2.41. The van der Waals surface area contributed by atoms with E-state index in [-0.39, 0.29) is 5.92 Å². The summed E-state index contributed by atoms with van der Waals surface area (Å²) in [6.07, 6.45) is 1.85. The van der Waals surface area contributed by atoms with Crippen molar-refractivity contribution >= 4 is 11.3 Å². The minimum Gasteiger partial charge on any atom is -0.389 e. The summed E-state index contributed by atoms with van der Waals surface area (Å²) < 4.78 is 0. The van der Waals surface area contributed by atoms with Gasteiger partial charge in [-0.3, -0.25) is 4.98 Å². The molecule has 0 aromatic carbocycles. The molecule has 0 fully saturated rings. The number of aliphatic hydroxyl groups is 1. The van der Waals surface area contributed by atoms with Gasteiger partial charge >= 0.3 is 0 Å². The topological polar surface area (TPSA) is 45.1 Å². The lowest BCUT2D eigenvalue weighted by atomic mass is 9.93. The first-order valence-corrected chi connectivity index (χ1v) is 5.71. The van der Waals surface area contributed by atoms with Crippen molar-refractivity contribution in [2.45, 2.75) is 32.9 Å². The summed E-state index contributed by atoms with van der Waals surface area (Å²) in [7, 11) is 0. The van der Waals surface area contributed by atoms with Gasteiger partial charge in [0, 0.05) is 24.2 Å². The smallest absolute Gasteiger partial charge is 0.0794 e. The molecule has 14 heavy (non-hydrogen) atoms. The van der Waals surface area contributed by atoms with Gasteiger partial charge in [0.1, 0.15) is 0 Å². The second-order valence-corrected chi connectivity index (χ2v) is 5.05. The summed E-state index contributed by atoms with van der Waals surface area (Å²) in [5.41, 5.74) is 1.18. The van der Waals surface area contributed by atoms with Crippen molar-refractivity contribution < 1.29 is 5.11 Å². The summed E-state index contributed by atoms with van der Waals surface area (Å²) in [4.78, 5) is 5.19. The third kappa shape index (κ3) is 3.36. The fraction of sp³-hybridized carbons (Fsp3) is 0.700. The van der Waals surface area contributed by atoms with E-state index >= 15 is 0 Å². The highest BCUT2D eigenvalue weighted by Gasteiger charge is 2.23. The molecular formula is C10H18N2OS. The average Bonchev–Trinajstić information content (AvgIpc) is 2.56. The molecule has 0 saturated heterocycles.